The minimum Gasteiger partial charge on any atom is -0.491 e. The molecule has 0 aliphatic carbocycles. The van der Waals surface area contributed by atoms with Crippen LogP contribution < -0.4 is 15.4 Å². The fraction of sp³-hybridized carbons (Fsp3) is 0.533. The van der Waals surface area contributed by atoms with Crippen molar-refractivity contribution in [2.45, 2.75) is 31.5 Å². The van der Waals surface area contributed by atoms with E-state index in [9.17, 15) is 9.18 Å². The summed E-state index contributed by atoms with van der Waals surface area (Å²) in [5.41, 5.74) is -1.78. The van der Waals surface area contributed by atoms with E-state index in [1.165, 1.54) is 0 Å². The van der Waals surface area contributed by atoms with Crippen molar-refractivity contribution in [3.8, 4) is 5.75 Å². The van der Waals surface area contributed by atoms with Crippen molar-refractivity contribution in [2.24, 2.45) is 0 Å². The van der Waals surface area contributed by atoms with Gasteiger partial charge in [-0.05, 0) is 25.1 Å². The van der Waals surface area contributed by atoms with Gasteiger partial charge < -0.3 is 15.4 Å². The molecule has 2 atom stereocenters. The molecule has 1 saturated heterocycles. The van der Waals surface area contributed by atoms with Crippen molar-refractivity contribution in [1.29, 1.82) is 0 Å². The molecule has 20 heavy (non-hydrogen) atoms. The summed E-state index contributed by atoms with van der Waals surface area (Å²) in [4.78, 5) is 12.0. The molecule has 0 spiro atoms. The van der Waals surface area contributed by atoms with Crippen LogP contribution in [0.2, 0.25) is 0 Å². The molecule has 1 fully saturated rings. The second-order valence-electron chi connectivity index (χ2n) is 5.09. The predicted molar refractivity (Wildman–Crippen MR) is 75.5 cm³/mol. The average molecular weight is 280 g/mol. The number of amides is 1. The first kappa shape index (κ1) is 14.8. The van der Waals surface area contributed by atoms with Gasteiger partial charge in [-0.25, -0.2) is 4.39 Å². The van der Waals surface area contributed by atoms with Crippen molar-refractivity contribution >= 4 is 5.91 Å². The topological polar surface area (TPSA) is 50.4 Å². The van der Waals surface area contributed by atoms with Gasteiger partial charge in [-0.3, -0.25) is 4.79 Å². The lowest BCUT2D eigenvalue weighted by Crippen LogP contribution is -2.50. The number of hydrogen-bond donors (Lipinski definition) is 2. The first-order chi connectivity index (χ1) is 9.64. The summed E-state index contributed by atoms with van der Waals surface area (Å²) in [6.07, 6.45) is 0.927. The Balaban J connectivity index is 1.84. The number of ether oxygens (including phenoxy) is 1. The van der Waals surface area contributed by atoms with E-state index in [4.69, 9.17) is 4.74 Å². The van der Waals surface area contributed by atoms with Crippen LogP contribution in [0.4, 0.5) is 4.39 Å². The van der Waals surface area contributed by atoms with Gasteiger partial charge in [0.15, 0.2) is 0 Å². The molecule has 1 aliphatic heterocycles. The maximum Gasteiger partial charge on any atom is 0.259 e. The highest BCUT2D eigenvalue weighted by atomic mass is 19.1. The Morgan fingerprint density at radius 2 is 2.25 bits per heavy atom. The number of halogens is 1. The lowest BCUT2D eigenvalue weighted by atomic mass is 10.0. The third-order valence-corrected chi connectivity index (χ3v) is 3.53. The molecule has 1 amide bonds. The fourth-order valence-corrected chi connectivity index (χ4v) is 2.15. The highest BCUT2D eigenvalue weighted by Crippen LogP contribution is 2.20. The zero-order valence-corrected chi connectivity index (χ0v) is 11.7. The molecule has 0 saturated carbocycles. The summed E-state index contributed by atoms with van der Waals surface area (Å²) in [5, 5.41) is 5.62. The number of alkyl halides is 1. The van der Waals surface area contributed by atoms with Gasteiger partial charge in [0, 0.05) is 13.0 Å². The second-order valence-corrected chi connectivity index (χ2v) is 5.09. The third kappa shape index (κ3) is 3.70. The van der Waals surface area contributed by atoms with E-state index in [-0.39, 0.29) is 19.0 Å². The summed E-state index contributed by atoms with van der Waals surface area (Å²) < 4.78 is 19.9. The molecule has 1 heterocycles. The predicted octanol–water partition coefficient (Wildman–Crippen LogP) is 1.66. The molecule has 2 rings (SSSR count). The summed E-state index contributed by atoms with van der Waals surface area (Å²) in [7, 11) is 0. The number of benzene rings is 1. The zero-order valence-electron chi connectivity index (χ0n) is 11.7. The molecule has 0 aromatic heterocycles. The van der Waals surface area contributed by atoms with Gasteiger partial charge in [-0.1, -0.05) is 25.1 Å². The van der Waals surface area contributed by atoms with E-state index in [0.717, 1.165) is 5.75 Å². The van der Waals surface area contributed by atoms with Crippen molar-refractivity contribution < 1.29 is 13.9 Å². The largest absolute Gasteiger partial charge is 0.491 e. The Morgan fingerprint density at radius 3 is 2.85 bits per heavy atom. The van der Waals surface area contributed by atoms with E-state index in [1.54, 1.807) is 0 Å². The molecule has 0 bridgehead atoms. The Morgan fingerprint density at radius 1 is 1.50 bits per heavy atom. The standard InChI is InChI=1S/C15H21FN2O2/c1-2-12(10-20-13-6-4-3-5-7-13)18-14(19)15(16)8-9-17-11-15/h3-7,12,17H,2,8-11H2,1H3,(H,18,19)/t12-,15+/m1/s1. The van der Waals surface area contributed by atoms with Crippen LogP contribution >= 0.6 is 0 Å². The number of rotatable bonds is 6. The average Bonchev–Trinajstić information content (AvgIpc) is 2.92. The van der Waals surface area contributed by atoms with Gasteiger partial charge >= 0.3 is 0 Å². The number of para-hydroxylation sites is 1. The molecule has 0 unspecified atom stereocenters. The molecule has 0 radical (unpaired) electrons. The SMILES string of the molecule is CC[C@H](COc1ccccc1)NC(=O)[C@]1(F)CCNC1. The van der Waals surface area contributed by atoms with Crippen LogP contribution in [-0.2, 0) is 4.79 Å². The Bertz CT molecular complexity index is 433. The van der Waals surface area contributed by atoms with E-state index >= 15 is 0 Å². The molecular formula is C15H21FN2O2. The van der Waals surface area contributed by atoms with Gasteiger partial charge in [0.2, 0.25) is 5.67 Å². The molecule has 5 heteroatoms. The van der Waals surface area contributed by atoms with Crippen LogP contribution in [0.5, 0.6) is 5.75 Å². The maximum atomic E-state index is 14.3. The number of hydrogen-bond acceptors (Lipinski definition) is 3. The summed E-state index contributed by atoms with van der Waals surface area (Å²) in [6, 6.07) is 9.20. The van der Waals surface area contributed by atoms with Crippen LogP contribution in [-0.4, -0.2) is 37.3 Å². The van der Waals surface area contributed by atoms with Crippen molar-refractivity contribution in [3.63, 3.8) is 0 Å². The van der Waals surface area contributed by atoms with Gasteiger partial charge in [0.25, 0.3) is 5.91 Å². The van der Waals surface area contributed by atoms with Gasteiger partial charge in [0.1, 0.15) is 12.4 Å². The molecule has 1 aromatic carbocycles. The van der Waals surface area contributed by atoms with E-state index in [0.29, 0.717) is 19.6 Å². The van der Waals surface area contributed by atoms with Crippen LogP contribution in [0, 0.1) is 0 Å². The fourth-order valence-electron chi connectivity index (χ4n) is 2.15. The molecule has 1 aliphatic rings. The molecular weight excluding hydrogens is 259 g/mol. The monoisotopic (exact) mass is 280 g/mol. The van der Waals surface area contributed by atoms with Crippen LogP contribution in [0.25, 0.3) is 0 Å². The smallest absolute Gasteiger partial charge is 0.259 e. The minimum absolute atomic E-state index is 0.0921. The van der Waals surface area contributed by atoms with Gasteiger partial charge in [-0.2, -0.15) is 0 Å². The molecule has 110 valence electrons. The van der Waals surface area contributed by atoms with Crippen LogP contribution in [0.15, 0.2) is 30.3 Å². The Labute approximate surface area is 118 Å². The lowest BCUT2D eigenvalue weighted by molar-refractivity contribution is -0.132. The number of nitrogens with one attached hydrogen (secondary N) is 2. The second kappa shape index (κ2) is 6.70. The number of carbonyl (C=O) groups excluding carboxylic acids is 1. The normalized spacial score (nSPS) is 23.3. The van der Waals surface area contributed by atoms with Crippen molar-refractivity contribution in [1.82, 2.24) is 10.6 Å². The van der Waals surface area contributed by atoms with Crippen molar-refractivity contribution in [3.05, 3.63) is 30.3 Å². The lowest BCUT2D eigenvalue weighted by Gasteiger charge is -2.23. The first-order valence-electron chi connectivity index (χ1n) is 7.02. The molecule has 1 aromatic rings. The summed E-state index contributed by atoms with van der Waals surface area (Å²) in [6.45, 7) is 2.92. The quantitative estimate of drug-likeness (QED) is 0.833. The third-order valence-electron chi connectivity index (χ3n) is 3.53. The zero-order chi connectivity index (χ0) is 14.4. The Kier molecular flexibility index (Phi) is 4.95. The van der Waals surface area contributed by atoms with E-state index < -0.39 is 11.6 Å². The summed E-state index contributed by atoms with van der Waals surface area (Å²) in [5.74, 6) is 0.212. The maximum absolute atomic E-state index is 14.3. The van der Waals surface area contributed by atoms with E-state index in [1.807, 2.05) is 37.3 Å². The van der Waals surface area contributed by atoms with E-state index in [2.05, 4.69) is 10.6 Å². The molecule has 4 nitrogen and oxygen atoms in total. The Hall–Kier alpha value is -1.62. The summed E-state index contributed by atoms with van der Waals surface area (Å²) >= 11 is 0. The van der Waals surface area contributed by atoms with Crippen molar-refractivity contribution in [2.75, 3.05) is 19.7 Å². The van der Waals surface area contributed by atoms with Crippen LogP contribution in [0.1, 0.15) is 19.8 Å². The van der Waals surface area contributed by atoms with Crippen LogP contribution in [0.3, 0.4) is 0 Å². The molecule has 2 N–H and O–H groups in total. The minimum atomic E-state index is -1.78. The first-order valence-corrected chi connectivity index (χ1v) is 7.02. The van der Waals surface area contributed by atoms with Gasteiger partial charge in [0.05, 0.1) is 6.04 Å². The number of carbonyl (C=O) groups is 1. The highest BCUT2D eigenvalue weighted by molar-refractivity contribution is 5.86. The van der Waals surface area contributed by atoms with Gasteiger partial charge in [-0.15, -0.1) is 0 Å². The highest BCUT2D eigenvalue weighted by Gasteiger charge is 2.42.